The number of nitriles is 1. The molecule has 39 heavy (non-hydrogen) atoms. The van der Waals surface area contributed by atoms with Gasteiger partial charge < -0.3 is 19.4 Å². The molecule has 4 atom stereocenters. The topological polar surface area (TPSA) is 89.8 Å². The van der Waals surface area contributed by atoms with E-state index in [-0.39, 0.29) is 17.9 Å². The molecule has 200 valence electrons. The molecule has 0 N–H and O–H groups in total. The van der Waals surface area contributed by atoms with Crippen LogP contribution < -0.4 is 9.64 Å². The van der Waals surface area contributed by atoms with Gasteiger partial charge in [-0.3, -0.25) is 4.79 Å². The van der Waals surface area contributed by atoms with E-state index in [0.29, 0.717) is 43.4 Å². The number of piperidine rings is 1. The van der Waals surface area contributed by atoms with Crippen LogP contribution in [0.2, 0.25) is 5.02 Å². The van der Waals surface area contributed by atoms with Crippen LogP contribution in [-0.4, -0.2) is 66.1 Å². The number of ether oxygens (including phenoxy) is 1. The van der Waals surface area contributed by atoms with Gasteiger partial charge in [0.05, 0.1) is 23.9 Å². The lowest BCUT2D eigenvalue weighted by molar-refractivity contribution is -0.136. The van der Waals surface area contributed by atoms with Gasteiger partial charge in [-0.05, 0) is 48.4 Å². The van der Waals surface area contributed by atoms with Crippen molar-refractivity contribution in [1.29, 1.82) is 5.26 Å². The number of anilines is 1. The van der Waals surface area contributed by atoms with Gasteiger partial charge in [0.15, 0.2) is 0 Å². The monoisotopic (exact) mass is 543 g/mol. The second-order valence-electron chi connectivity index (χ2n) is 10.0. The van der Waals surface area contributed by atoms with Crippen LogP contribution in [0.1, 0.15) is 17.9 Å². The lowest BCUT2D eigenvalue weighted by atomic mass is 9.85. The predicted octanol–water partition coefficient (Wildman–Crippen LogP) is 4.83. The maximum absolute atomic E-state index is 13.9. The number of carbonyl (C=O) groups is 2. The maximum atomic E-state index is 13.9. The maximum Gasteiger partial charge on any atom is 0.415 e. The molecule has 3 heterocycles. The number of likely N-dealkylation sites (tertiary alicyclic amines) is 1. The number of halogens is 1. The van der Waals surface area contributed by atoms with E-state index in [0.717, 1.165) is 11.4 Å². The minimum Gasteiger partial charge on any atom is -0.410 e. The van der Waals surface area contributed by atoms with E-state index in [9.17, 15) is 14.9 Å². The lowest BCUT2D eigenvalue weighted by Gasteiger charge is -2.37. The van der Waals surface area contributed by atoms with Gasteiger partial charge in [-0.1, -0.05) is 48.0 Å². The number of nitrogens with zero attached hydrogens (tertiary/aromatic N) is 5. The average Bonchev–Trinajstić information content (AvgIpc) is 3.43. The molecule has 5 rings (SSSR count). The van der Waals surface area contributed by atoms with Crippen molar-refractivity contribution in [1.82, 2.24) is 14.8 Å². The zero-order chi connectivity index (χ0) is 27.4. The summed E-state index contributed by atoms with van der Waals surface area (Å²) in [6.07, 6.45) is 1.80. The molecule has 0 aliphatic carbocycles. The molecule has 9 heteroatoms. The van der Waals surface area contributed by atoms with E-state index in [2.05, 4.69) is 16.0 Å². The second kappa shape index (κ2) is 11.7. The fourth-order valence-corrected chi connectivity index (χ4v) is 5.68. The van der Waals surface area contributed by atoms with Crippen molar-refractivity contribution in [3.63, 3.8) is 0 Å². The SMILES string of the molecule is CN(C(=O)Oc1ccccc1)[C@@H]1CN(C(=O)C2CCN(c3ccccn3)CC2C#N)C[C@H]1c1ccc(Cl)cc1. The molecule has 2 saturated heterocycles. The van der Waals surface area contributed by atoms with Crippen LogP contribution in [0.15, 0.2) is 79.0 Å². The van der Waals surface area contributed by atoms with Crippen LogP contribution >= 0.6 is 11.6 Å². The third-order valence-electron chi connectivity index (χ3n) is 7.70. The highest BCUT2D eigenvalue weighted by molar-refractivity contribution is 6.30. The normalized spacial score (nSPS) is 22.7. The number of aromatic nitrogens is 1. The van der Waals surface area contributed by atoms with Crippen molar-refractivity contribution >= 4 is 29.4 Å². The summed E-state index contributed by atoms with van der Waals surface area (Å²) in [7, 11) is 1.70. The zero-order valence-corrected chi connectivity index (χ0v) is 22.4. The Kier molecular flexibility index (Phi) is 7.99. The van der Waals surface area contributed by atoms with Crippen molar-refractivity contribution in [2.24, 2.45) is 11.8 Å². The van der Waals surface area contributed by atoms with Crippen LogP contribution in [0.5, 0.6) is 5.75 Å². The smallest absolute Gasteiger partial charge is 0.410 e. The molecular formula is C30H30ClN5O3. The number of carbonyl (C=O) groups excluding carboxylic acids is 2. The Balaban J connectivity index is 1.34. The van der Waals surface area contributed by atoms with Gasteiger partial charge in [0.2, 0.25) is 5.91 Å². The quantitative estimate of drug-likeness (QED) is 0.458. The Morgan fingerprint density at radius 2 is 1.77 bits per heavy atom. The highest BCUT2D eigenvalue weighted by atomic mass is 35.5. The standard InChI is InChI=1S/C30H30ClN5O3/c1-34(30(38)39-24-7-3-2-4-8-24)27-20-36(19-26(27)21-10-12-23(31)13-11-21)29(37)25-14-16-35(18-22(25)17-32)28-9-5-6-15-33-28/h2-13,15,22,25-27H,14,16,18-20H2,1H3/t22?,25?,26-,27+/m0/s1. The van der Waals surface area contributed by atoms with Gasteiger partial charge >= 0.3 is 6.09 Å². The van der Waals surface area contributed by atoms with E-state index in [1.54, 1.807) is 42.4 Å². The number of rotatable bonds is 5. The van der Waals surface area contributed by atoms with E-state index >= 15 is 0 Å². The van der Waals surface area contributed by atoms with Crippen LogP contribution in [0.3, 0.4) is 0 Å². The highest BCUT2D eigenvalue weighted by Gasteiger charge is 2.44. The van der Waals surface area contributed by atoms with Gasteiger partial charge in [-0.25, -0.2) is 9.78 Å². The molecule has 2 aliphatic rings. The first-order valence-corrected chi connectivity index (χ1v) is 13.4. The van der Waals surface area contributed by atoms with Crippen LogP contribution in [0.4, 0.5) is 10.6 Å². The third kappa shape index (κ3) is 5.84. The summed E-state index contributed by atoms with van der Waals surface area (Å²) in [6, 6.07) is 24.2. The van der Waals surface area contributed by atoms with Gasteiger partial charge in [-0.15, -0.1) is 0 Å². The lowest BCUT2D eigenvalue weighted by Crippen LogP contribution is -2.48. The zero-order valence-electron chi connectivity index (χ0n) is 21.7. The Morgan fingerprint density at radius 3 is 2.46 bits per heavy atom. The third-order valence-corrected chi connectivity index (χ3v) is 7.95. The molecule has 3 aromatic rings. The summed E-state index contributed by atoms with van der Waals surface area (Å²) in [5.41, 5.74) is 0.987. The molecule has 2 aliphatic heterocycles. The first-order valence-electron chi connectivity index (χ1n) is 13.0. The van der Waals surface area contributed by atoms with E-state index in [4.69, 9.17) is 16.3 Å². The molecular weight excluding hydrogens is 514 g/mol. The number of hydrogen-bond acceptors (Lipinski definition) is 6. The largest absolute Gasteiger partial charge is 0.415 e. The molecule has 0 bridgehead atoms. The summed E-state index contributed by atoms with van der Waals surface area (Å²) in [5.74, 6) is 0.219. The van der Waals surface area contributed by atoms with Crippen molar-refractivity contribution < 1.29 is 14.3 Å². The van der Waals surface area contributed by atoms with Crippen molar-refractivity contribution in [3.8, 4) is 11.8 Å². The average molecular weight is 544 g/mol. The van der Waals surface area contributed by atoms with Gasteiger partial charge in [0.1, 0.15) is 11.6 Å². The van der Waals surface area contributed by atoms with E-state index in [1.807, 2.05) is 53.4 Å². The van der Waals surface area contributed by atoms with Crippen LogP contribution in [-0.2, 0) is 4.79 Å². The molecule has 1 aromatic heterocycles. The molecule has 2 aromatic carbocycles. The summed E-state index contributed by atoms with van der Waals surface area (Å²) in [5, 5.41) is 10.6. The molecule has 8 nitrogen and oxygen atoms in total. The van der Waals surface area contributed by atoms with Crippen molar-refractivity contribution in [3.05, 3.63) is 89.6 Å². The number of likely N-dealkylation sites (N-methyl/N-ethyl adjacent to an activating group) is 1. The first-order chi connectivity index (χ1) is 18.9. The summed E-state index contributed by atoms with van der Waals surface area (Å²) < 4.78 is 5.60. The fraction of sp³-hybridized carbons (Fsp3) is 0.333. The number of benzene rings is 2. The Hall–Kier alpha value is -4.09. The van der Waals surface area contributed by atoms with Gasteiger partial charge in [-0.2, -0.15) is 5.26 Å². The molecule has 0 spiro atoms. The molecule has 2 fully saturated rings. The predicted molar refractivity (Wildman–Crippen MR) is 148 cm³/mol. The minimum atomic E-state index is -0.488. The number of hydrogen-bond donors (Lipinski definition) is 0. The Morgan fingerprint density at radius 1 is 1.03 bits per heavy atom. The van der Waals surface area contributed by atoms with Gasteiger partial charge in [0, 0.05) is 50.4 Å². The van der Waals surface area contributed by atoms with E-state index in [1.165, 1.54) is 0 Å². The van der Waals surface area contributed by atoms with E-state index < -0.39 is 17.9 Å². The Bertz CT molecular complexity index is 1330. The number of pyridine rings is 1. The van der Waals surface area contributed by atoms with Crippen LogP contribution in [0.25, 0.3) is 0 Å². The fourth-order valence-electron chi connectivity index (χ4n) is 5.56. The number of para-hydroxylation sites is 1. The van der Waals surface area contributed by atoms with Crippen molar-refractivity contribution in [2.45, 2.75) is 18.4 Å². The molecule has 0 radical (unpaired) electrons. The Labute approximate surface area is 233 Å². The molecule has 2 unspecified atom stereocenters. The van der Waals surface area contributed by atoms with Crippen molar-refractivity contribution in [2.75, 3.05) is 38.1 Å². The minimum absolute atomic E-state index is 0.0477. The highest BCUT2D eigenvalue weighted by Crippen LogP contribution is 2.35. The summed E-state index contributed by atoms with van der Waals surface area (Å²) in [6.45, 7) is 1.88. The molecule has 2 amide bonds. The number of amides is 2. The summed E-state index contributed by atoms with van der Waals surface area (Å²) >= 11 is 6.14. The first kappa shape index (κ1) is 26.5. The summed E-state index contributed by atoms with van der Waals surface area (Å²) in [4.78, 5) is 36.8. The molecule has 0 saturated carbocycles. The second-order valence-corrected chi connectivity index (χ2v) is 10.5. The van der Waals surface area contributed by atoms with Crippen LogP contribution in [0, 0.1) is 23.2 Å². The van der Waals surface area contributed by atoms with Gasteiger partial charge in [0.25, 0.3) is 0 Å².